The van der Waals surface area contributed by atoms with Gasteiger partial charge in [0.25, 0.3) is 0 Å². The molecule has 0 saturated carbocycles. The molecular formula is C29H45O4-. The summed E-state index contributed by atoms with van der Waals surface area (Å²) in [7, 11) is 0. The van der Waals surface area contributed by atoms with Crippen LogP contribution >= 0.6 is 0 Å². The number of aliphatic carboxylic acids is 1. The van der Waals surface area contributed by atoms with E-state index in [-0.39, 0.29) is 13.0 Å². The number of hydrogen-bond donors (Lipinski definition) is 0. The minimum Gasteiger partial charge on any atom is -0.550 e. The molecule has 1 unspecified atom stereocenters. The van der Waals surface area contributed by atoms with Crippen LogP contribution in [0.5, 0.6) is 0 Å². The van der Waals surface area contributed by atoms with Crippen LogP contribution in [-0.4, -0.2) is 11.9 Å². The quantitative estimate of drug-likeness (QED) is 0.114. The average Bonchev–Trinajstić information content (AvgIpc) is 2.82. The number of carboxylic acids is 1. The molecule has 0 spiro atoms. The Kier molecular flexibility index (Phi) is 18.0. The van der Waals surface area contributed by atoms with Gasteiger partial charge in [-0.1, -0.05) is 133 Å². The normalized spacial score (nSPS) is 12.2. The molecule has 0 aliphatic heterocycles. The maximum atomic E-state index is 12.0. The lowest BCUT2D eigenvalue weighted by Gasteiger charge is -2.13. The van der Waals surface area contributed by atoms with Gasteiger partial charge in [-0.2, -0.15) is 0 Å². The van der Waals surface area contributed by atoms with E-state index >= 15 is 0 Å². The van der Waals surface area contributed by atoms with Gasteiger partial charge in [-0.25, -0.2) is 0 Å². The molecule has 4 nitrogen and oxygen atoms in total. The second-order valence-electron chi connectivity index (χ2n) is 9.09. The number of ether oxygens (including phenoxy) is 1. The minimum absolute atomic E-state index is 0.155. The number of unbranched alkanes of at least 4 members (excludes halogenated alkanes) is 14. The number of carbonyl (C=O) groups excluding carboxylic acids is 2. The van der Waals surface area contributed by atoms with E-state index in [1.807, 2.05) is 36.4 Å². The van der Waals surface area contributed by atoms with Gasteiger partial charge in [0.05, 0.1) is 6.42 Å². The predicted molar refractivity (Wildman–Crippen MR) is 133 cm³/mol. The van der Waals surface area contributed by atoms with E-state index in [1.165, 1.54) is 77.0 Å². The Balaban J connectivity index is 2.01. The van der Waals surface area contributed by atoms with Gasteiger partial charge < -0.3 is 14.6 Å². The Morgan fingerprint density at radius 3 is 1.85 bits per heavy atom. The molecule has 0 amide bonds. The van der Waals surface area contributed by atoms with Gasteiger partial charge in [0.15, 0.2) is 0 Å². The van der Waals surface area contributed by atoms with E-state index in [1.54, 1.807) is 6.08 Å². The largest absolute Gasteiger partial charge is 0.550 e. The van der Waals surface area contributed by atoms with Crippen LogP contribution in [0, 0.1) is 5.92 Å². The van der Waals surface area contributed by atoms with Crippen LogP contribution < -0.4 is 5.11 Å². The summed E-state index contributed by atoms with van der Waals surface area (Å²) in [4.78, 5) is 23.3. The van der Waals surface area contributed by atoms with E-state index in [0.717, 1.165) is 24.8 Å². The van der Waals surface area contributed by atoms with Gasteiger partial charge in [-0.05, 0) is 18.4 Å². The van der Waals surface area contributed by atoms with Crippen molar-refractivity contribution in [2.45, 2.75) is 116 Å². The smallest absolute Gasteiger partial charge is 0.307 e. The van der Waals surface area contributed by atoms with Crippen molar-refractivity contribution in [3.05, 3.63) is 48.0 Å². The lowest BCUT2D eigenvalue weighted by Crippen LogP contribution is -2.32. The molecule has 1 aromatic carbocycles. The summed E-state index contributed by atoms with van der Waals surface area (Å²) in [5.74, 6) is -2.68. The Labute approximate surface area is 201 Å². The number of carboxylic acid groups (broad SMARTS) is 1. The lowest BCUT2D eigenvalue weighted by atomic mass is 10.0. The fraction of sp³-hybridized carbons (Fsp3) is 0.655. The Morgan fingerprint density at radius 1 is 0.818 bits per heavy atom. The SMILES string of the molecule is CCCCCCCCCCCCCCCCC=CC(CC(=O)OCc1ccccc1)C(=O)[O-]. The second kappa shape index (κ2) is 20.5. The molecule has 0 aliphatic rings. The summed E-state index contributed by atoms with van der Waals surface area (Å²) in [5, 5.41) is 11.3. The van der Waals surface area contributed by atoms with Gasteiger partial charge in [-0.3, -0.25) is 4.79 Å². The molecule has 186 valence electrons. The zero-order chi connectivity index (χ0) is 24.0. The first-order chi connectivity index (χ1) is 16.1. The summed E-state index contributed by atoms with van der Waals surface area (Å²) in [6.07, 6.45) is 22.6. The molecule has 0 aromatic heterocycles. The molecule has 0 aliphatic carbocycles. The van der Waals surface area contributed by atoms with Crippen molar-refractivity contribution >= 4 is 11.9 Å². The number of carbonyl (C=O) groups is 2. The van der Waals surface area contributed by atoms with Crippen molar-refractivity contribution in [1.29, 1.82) is 0 Å². The highest BCUT2D eigenvalue weighted by Crippen LogP contribution is 2.14. The molecule has 1 rings (SSSR count). The number of esters is 1. The van der Waals surface area contributed by atoms with Crippen molar-refractivity contribution < 1.29 is 19.4 Å². The molecule has 4 heteroatoms. The summed E-state index contributed by atoms with van der Waals surface area (Å²) in [6, 6.07) is 9.35. The monoisotopic (exact) mass is 457 g/mol. The highest BCUT2D eigenvalue weighted by molar-refractivity contribution is 5.79. The van der Waals surface area contributed by atoms with E-state index in [4.69, 9.17) is 4.74 Å². The third-order valence-corrected chi connectivity index (χ3v) is 6.02. The van der Waals surface area contributed by atoms with E-state index in [0.29, 0.717) is 0 Å². The molecule has 0 radical (unpaired) electrons. The van der Waals surface area contributed by atoms with Crippen LogP contribution in [0.25, 0.3) is 0 Å². The fourth-order valence-electron chi connectivity index (χ4n) is 3.92. The number of allylic oxidation sites excluding steroid dienone is 1. The van der Waals surface area contributed by atoms with Gasteiger partial charge in [0.2, 0.25) is 0 Å². The highest BCUT2D eigenvalue weighted by atomic mass is 16.5. The number of rotatable bonds is 21. The summed E-state index contributed by atoms with van der Waals surface area (Å²) in [6.45, 7) is 2.42. The molecule has 0 heterocycles. The van der Waals surface area contributed by atoms with E-state index in [2.05, 4.69) is 6.92 Å². The molecule has 1 aromatic rings. The summed E-state index contributed by atoms with van der Waals surface area (Å²) >= 11 is 0. The van der Waals surface area contributed by atoms with Crippen molar-refractivity contribution in [2.75, 3.05) is 0 Å². The van der Waals surface area contributed by atoms with Crippen molar-refractivity contribution in [1.82, 2.24) is 0 Å². The molecule has 0 N–H and O–H groups in total. The first-order valence-electron chi connectivity index (χ1n) is 13.2. The third-order valence-electron chi connectivity index (χ3n) is 6.02. The standard InChI is InChI=1S/C29H46O4/c1-2-3-4-5-6-7-8-9-10-11-12-13-14-15-16-20-23-27(29(31)32)24-28(30)33-25-26-21-18-17-19-22-26/h17-23,27H,2-16,24-25H2,1H3,(H,31,32)/p-1. The van der Waals surface area contributed by atoms with Gasteiger partial charge in [0, 0.05) is 11.9 Å². The van der Waals surface area contributed by atoms with E-state index < -0.39 is 17.9 Å². The van der Waals surface area contributed by atoms with Gasteiger partial charge in [0.1, 0.15) is 6.61 Å². The highest BCUT2D eigenvalue weighted by Gasteiger charge is 2.13. The van der Waals surface area contributed by atoms with Gasteiger partial charge in [-0.15, -0.1) is 0 Å². The molecular weight excluding hydrogens is 412 g/mol. The topological polar surface area (TPSA) is 66.4 Å². The zero-order valence-corrected chi connectivity index (χ0v) is 20.8. The van der Waals surface area contributed by atoms with Crippen molar-refractivity contribution in [2.24, 2.45) is 5.92 Å². The predicted octanol–water partition coefficient (Wildman–Crippen LogP) is 6.91. The van der Waals surface area contributed by atoms with Crippen LogP contribution in [0.2, 0.25) is 0 Å². The minimum atomic E-state index is -1.23. The van der Waals surface area contributed by atoms with Crippen LogP contribution in [0.1, 0.15) is 115 Å². The maximum Gasteiger partial charge on any atom is 0.307 e. The average molecular weight is 458 g/mol. The summed E-state index contributed by atoms with van der Waals surface area (Å²) < 4.78 is 5.18. The summed E-state index contributed by atoms with van der Waals surface area (Å²) in [5.41, 5.74) is 0.879. The molecule has 0 fully saturated rings. The molecule has 0 saturated heterocycles. The lowest BCUT2D eigenvalue weighted by molar-refractivity contribution is -0.309. The fourth-order valence-corrected chi connectivity index (χ4v) is 3.92. The Hall–Kier alpha value is -2.10. The Morgan fingerprint density at radius 2 is 1.33 bits per heavy atom. The van der Waals surface area contributed by atoms with Crippen LogP contribution in [0.3, 0.4) is 0 Å². The maximum absolute atomic E-state index is 12.0. The third kappa shape index (κ3) is 17.1. The molecule has 33 heavy (non-hydrogen) atoms. The zero-order valence-electron chi connectivity index (χ0n) is 20.8. The van der Waals surface area contributed by atoms with Crippen LogP contribution in [0.15, 0.2) is 42.5 Å². The number of benzene rings is 1. The first-order valence-corrected chi connectivity index (χ1v) is 13.2. The van der Waals surface area contributed by atoms with Crippen molar-refractivity contribution in [3.8, 4) is 0 Å². The van der Waals surface area contributed by atoms with E-state index in [9.17, 15) is 14.7 Å². The first kappa shape index (κ1) is 28.9. The van der Waals surface area contributed by atoms with Crippen LogP contribution in [0.4, 0.5) is 0 Å². The Bertz CT molecular complexity index is 638. The molecule has 1 atom stereocenters. The van der Waals surface area contributed by atoms with Crippen molar-refractivity contribution in [3.63, 3.8) is 0 Å². The van der Waals surface area contributed by atoms with Crippen LogP contribution in [-0.2, 0) is 20.9 Å². The second-order valence-corrected chi connectivity index (χ2v) is 9.09. The number of hydrogen-bond acceptors (Lipinski definition) is 4. The molecule has 0 bridgehead atoms. The van der Waals surface area contributed by atoms with Gasteiger partial charge >= 0.3 is 5.97 Å².